The number of esters is 1. The van der Waals surface area contributed by atoms with Gasteiger partial charge in [0, 0.05) is 0 Å². The van der Waals surface area contributed by atoms with Crippen LogP contribution in [0.3, 0.4) is 0 Å². The number of ether oxygens (including phenoxy) is 1. The zero-order valence-corrected chi connectivity index (χ0v) is 11.6. The highest BCUT2D eigenvalue weighted by Gasteiger charge is 2.56. The number of carbonyl (C=O) groups is 2. The van der Waals surface area contributed by atoms with Crippen LogP contribution in [-0.2, 0) is 14.3 Å². The third-order valence-corrected chi connectivity index (χ3v) is 5.33. The number of hydrogen-bond acceptors (Lipinski definition) is 3. The van der Waals surface area contributed by atoms with Gasteiger partial charge in [0.25, 0.3) is 0 Å². The van der Waals surface area contributed by atoms with E-state index in [2.05, 4.69) is 0 Å². The first-order valence-electron chi connectivity index (χ1n) is 7.27. The summed E-state index contributed by atoms with van der Waals surface area (Å²) in [5.41, 5.74) is -1.79. The number of carboxylic acids is 1. The average molecular weight is 266 g/mol. The Bertz CT molecular complexity index is 389. The van der Waals surface area contributed by atoms with Gasteiger partial charge in [-0.05, 0) is 70.1 Å². The van der Waals surface area contributed by atoms with Crippen molar-refractivity contribution < 1.29 is 19.4 Å². The predicted octanol–water partition coefficient (Wildman–Crippen LogP) is 2.61. The van der Waals surface area contributed by atoms with E-state index < -0.39 is 11.6 Å². The van der Waals surface area contributed by atoms with E-state index >= 15 is 0 Å². The monoisotopic (exact) mass is 266 g/mol. The normalized spacial score (nSPS) is 40.2. The van der Waals surface area contributed by atoms with Crippen LogP contribution in [0.2, 0.25) is 0 Å². The molecule has 4 aliphatic rings. The maximum Gasteiger partial charge on any atom is 0.347 e. The van der Waals surface area contributed by atoms with Crippen LogP contribution in [0.25, 0.3) is 0 Å². The summed E-state index contributed by atoms with van der Waals surface area (Å²) in [6, 6.07) is 0. The number of carbonyl (C=O) groups excluding carboxylic acids is 1. The van der Waals surface area contributed by atoms with Gasteiger partial charge in [-0.2, -0.15) is 0 Å². The second kappa shape index (κ2) is 3.97. The van der Waals surface area contributed by atoms with Crippen molar-refractivity contribution in [1.29, 1.82) is 0 Å². The Morgan fingerprint density at radius 3 is 1.84 bits per heavy atom. The summed E-state index contributed by atoms with van der Waals surface area (Å²) in [7, 11) is 0. The van der Waals surface area contributed by atoms with Crippen molar-refractivity contribution in [1.82, 2.24) is 0 Å². The smallest absolute Gasteiger partial charge is 0.347 e. The summed E-state index contributed by atoms with van der Waals surface area (Å²) in [6.45, 7) is 2.90. The van der Waals surface area contributed by atoms with Crippen LogP contribution in [0.15, 0.2) is 0 Å². The van der Waals surface area contributed by atoms with E-state index in [0.717, 1.165) is 19.3 Å². The molecule has 0 saturated heterocycles. The van der Waals surface area contributed by atoms with Gasteiger partial charge >= 0.3 is 11.9 Å². The standard InChI is InChI=1S/C15H22O4/c1-14(2,12(16)17)19-13(18)15-6-9-3-10(7-15)5-11(4-9)8-15/h9-11H,3-8H2,1-2H3,(H,16,17). The molecule has 4 bridgehead atoms. The van der Waals surface area contributed by atoms with Gasteiger partial charge in [-0.15, -0.1) is 0 Å². The molecule has 0 amide bonds. The molecule has 0 heterocycles. The SMILES string of the molecule is CC(C)(OC(=O)C12CC3CC(CC(C3)C1)C2)C(=O)O. The molecular formula is C15H22O4. The molecule has 0 aromatic carbocycles. The van der Waals surface area contributed by atoms with E-state index in [1.165, 1.54) is 33.1 Å². The first kappa shape index (κ1) is 12.9. The predicted molar refractivity (Wildman–Crippen MR) is 68.4 cm³/mol. The summed E-state index contributed by atoms with van der Waals surface area (Å²) in [5, 5.41) is 9.09. The molecule has 0 atom stereocenters. The molecule has 0 aliphatic heterocycles. The fourth-order valence-corrected chi connectivity index (χ4v) is 4.74. The van der Waals surface area contributed by atoms with E-state index in [1.807, 2.05) is 0 Å². The molecule has 19 heavy (non-hydrogen) atoms. The van der Waals surface area contributed by atoms with Crippen LogP contribution < -0.4 is 0 Å². The Morgan fingerprint density at radius 1 is 1.05 bits per heavy atom. The lowest BCUT2D eigenvalue weighted by atomic mass is 9.49. The van der Waals surface area contributed by atoms with Crippen LogP contribution >= 0.6 is 0 Å². The van der Waals surface area contributed by atoms with Crippen molar-refractivity contribution in [2.45, 2.75) is 58.0 Å². The molecule has 106 valence electrons. The first-order valence-corrected chi connectivity index (χ1v) is 7.27. The lowest BCUT2D eigenvalue weighted by Gasteiger charge is -2.55. The largest absolute Gasteiger partial charge is 0.478 e. The lowest BCUT2D eigenvalue weighted by Crippen LogP contribution is -2.52. The zero-order chi connectivity index (χ0) is 13.8. The van der Waals surface area contributed by atoms with E-state index in [1.54, 1.807) is 0 Å². The number of carboxylic acid groups (broad SMARTS) is 1. The molecule has 0 radical (unpaired) electrons. The molecule has 4 nitrogen and oxygen atoms in total. The lowest BCUT2D eigenvalue weighted by molar-refractivity contribution is -0.192. The fourth-order valence-electron chi connectivity index (χ4n) is 4.74. The molecule has 0 aromatic rings. The van der Waals surface area contributed by atoms with Crippen molar-refractivity contribution >= 4 is 11.9 Å². The van der Waals surface area contributed by atoms with Crippen LogP contribution in [0, 0.1) is 23.2 Å². The maximum absolute atomic E-state index is 12.5. The van der Waals surface area contributed by atoms with Gasteiger partial charge < -0.3 is 9.84 Å². The minimum Gasteiger partial charge on any atom is -0.478 e. The number of rotatable bonds is 3. The van der Waals surface area contributed by atoms with Crippen molar-refractivity contribution in [2.24, 2.45) is 23.2 Å². The van der Waals surface area contributed by atoms with E-state index in [0.29, 0.717) is 17.8 Å². The molecule has 0 spiro atoms. The number of hydrogen-bond donors (Lipinski definition) is 1. The Balaban J connectivity index is 1.78. The first-order chi connectivity index (χ1) is 8.81. The highest BCUT2D eigenvalue weighted by atomic mass is 16.6. The van der Waals surface area contributed by atoms with Gasteiger partial charge in [-0.25, -0.2) is 4.79 Å². The van der Waals surface area contributed by atoms with E-state index in [4.69, 9.17) is 9.84 Å². The Labute approximate surface area is 113 Å². The number of aliphatic carboxylic acids is 1. The topological polar surface area (TPSA) is 63.6 Å². The summed E-state index contributed by atoms with van der Waals surface area (Å²) < 4.78 is 5.35. The van der Waals surface area contributed by atoms with Gasteiger partial charge in [0.2, 0.25) is 5.60 Å². The highest BCUT2D eigenvalue weighted by Crippen LogP contribution is 2.60. The summed E-state index contributed by atoms with van der Waals surface area (Å²) in [6.07, 6.45) is 6.51. The van der Waals surface area contributed by atoms with E-state index in [-0.39, 0.29) is 11.4 Å². The molecular weight excluding hydrogens is 244 g/mol. The van der Waals surface area contributed by atoms with Gasteiger partial charge in [-0.1, -0.05) is 0 Å². The maximum atomic E-state index is 12.5. The van der Waals surface area contributed by atoms with Gasteiger partial charge in [0.1, 0.15) is 0 Å². The van der Waals surface area contributed by atoms with Crippen molar-refractivity contribution in [3.63, 3.8) is 0 Å². The Hall–Kier alpha value is -1.06. The molecule has 4 fully saturated rings. The fraction of sp³-hybridized carbons (Fsp3) is 0.867. The van der Waals surface area contributed by atoms with Crippen LogP contribution in [0.4, 0.5) is 0 Å². The molecule has 0 aromatic heterocycles. The molecule has 0 unspecified atom stereocenters. The van der Waals surface area contributed by atoms with Crippen LogP contribution in [0.1, 0.15) is 52.4 Å². The molecule has 4 saturated carbocycles. The van der Waals surface area contributed by atoms with Crippen molar-refractivity contribution in [3.8, 4) is 0 Å². The molecule has 4 rings (SSSR count). The second-order valence-corrected chi connectivity index (χ2v) is 7.40. The van der Waals surface area contributed by atoms with Crippen molar-refractivity contribution in [2.75, 3.05) is 0 Å². The third kappa shape index (κ3) is 2.05. The molecule has 4 aliphatic carbocycles. The minimum absolute atomic E-state index is 0.265. The zero-order valence-electron chi connectivity index (χ0n) is 11.6. The second-order valence-electron chi connectivity index (χ2n) is 7.40. The highest BCUT2D eigenvalue weighted by molar-refractivity contribution is 5.84. The molecule has 1 N–H and O–H groups in total. The van der Waals surface area contributed by atoms with E-state index in [9.17, 15) is 9.59 Å². The van der Waals surface area contributed by atoms with Gasteiger partial charge in [-0.3, -0.25) is 4.79 Å². The van der Waals surface area contributed by atoms with Crippen molar-refractivity contribution in [3.05, 3.63) is 0 Å². The van der Waals surface area contributed by atoms with Crippen LogP contribution in [-0.4, -0.2) is 22.6 Å². The van der Waals surface area contributed by atoms with Gasteiger partial charge in [0.15, 0.2) is 0 Å². The third-order valence-electron chi connectivity index (χ3n) is 5.33. The van der Waals surface area contributed by atoms with Crippen LogP contribution in [0.5, 0.6) is 0 Å². The molecule has 4 heteroatoms. The average Bonchev–Trinajstić information content (AvgIpc) is 2.26. The minimum atomic E-state index is -1.42. The summed E-state index contributed by atoms with van der Waals surface area (Å²) in [5.74, 6) is 0.634. The summed E-state index contributed by atoms with van der Waals surface area (Å²) in [4.78, 5) is 23.6. The Kier molecular flexibility index (Phi) is 2.70. The quantitative estimate of drug-likeness (QED) is 0.797. The Morgan fingerprint density at radius 2 is 1.47 bits per heavy atom. The van der Waals surface area contributed by atoms with Gasteiger partial charge in [0.05, 0.1) is 5.41 Å². The summed E-state index contributed by atoms with van der Waals surface area (Å²) >= 11 is 0.